The zero-order chi connectivity index (χ0) is 18.1. The van der Waals surface area contributed by atoms with Crippen molar-refractivity contribution in [1.82, 2.24) is 10.2 Å². The van der Waals surface area contributed by atoms with Crippen molar-refractivity contribution in [3.8, 4) is 5.75 Å². The van der Waals surface area contributed by atoms with E-state index in [4.69, 9.17) is 4.74 Å². The topological polar surface area (TPSA) is 58.6 Å². The molecule has 2 atom stereocenters. The van der Waals surface area contributed by atoms with Crippen LogP contribution in [0.25, 0.3) is 0 Å². The van der Waals surface area contributed by atoms with Crippen molar-refractivity contribution in [3.05, 3.63) is 29.6 Å². The lowest BCUT2D eigenvalue weighted by Crippen LogP contribution is -2.46. The molecule has 5 nitrogen and oxygen atoms in total. The molecule has 140 valence electrons. The second-order valence-electron chi connectivity index (χ2n) is 7.63. The number of amides is 2. The van der Waals surface area contributed by atoms with Crippen molar-refractivity contribution in [2.24, 2.45) is 11.8 Å². The first kappa shape index (κ1) is 17.3. The van der Waals surface area contributed by atoms with Crippen molar-refractivity contribution in [3.63, 3.8) is 0 Å². The highest BCUT2D eigenvalue weighted by molar-refractivity contribution is 5.83. The number of nitrogens with one attached hydrogen (secondary N) is 1. The fourth-order valence-electron chi connectivity index (χ4n) is 3.97. The van der Waals surface area contributed by atoms with Crippen LogP contribution in [0, 0.1) is 17.7 Å². The highest BCUT2D eigenvalue weighted by atomic mass is 19.1. The Bertz CT molecular complexity index is 704. The molecule has 6 heteroatoms. The van der Waals surface area contributed by atoms with Gasteiger partial charge in [-0.05, 0) is 44.6 Å². The number of likely N-dealkylation sites (tertiary alicyclic amines) is 1. The number of nitrogens with zero attached hydrogens (tertiary/aromatic N) is 1. The molecular weight excluding hydrogens is 335 g/mol. The molecule has 1 N–H and O–H groups in total. The van der Waals surface area contributed by atoms with Crippen LogP contribution in [0.15, 0.2) is 18.2 Å². The summed E-state index contributed by atoms with van der Waals surface area (Å²) in [6, 6.07) is 4.32. The Labute approximate surface area is 152 Å². The van der Waals surface area contributed by atoms with Gasteiger partial charge in [0.25, 0.3) is 0 Å². The summed E-state index contributed by atoms with van der Waals surface area (Å²) in [6.07, 6.45) is 5.22. The van der Waals surface area contributed by atoms with Gasteiger partial charge in [0.2, 0.25) is 11.8 Å². The summed E-state index contributed by atoms with van der Waals surface area (Å²) < 4.78 is 19.1. The van der Waals surface area contributed by atoms with Gasteiger partial charge in [0.1, 0.15) is 11.6 Å². The Balaban J connectivity index is 1.43. The van der Waals surface area contributed by atoms with Crippen LogP contribution in [0.3, 0.4) is 0 Å². The van der Waals surface area contributed by atoms with Gasteiger partial charge in [-0.1, -0.05) is 6.07 Å². The van der Waals surface area contributed by atoms with Crippen LogP contribution in [0.2, 0.25) is 0 Å². The molecule has 2 fully saturated rings. The molecule has 2 aliphatic heterocycles. The molecule has 3 aliphatic rings. The molecule has 1 saturated heterocycles. The molecule has 1 saturated carbocycles. The lowest BCUT2D eigenvalue weighted by atomic mass is 9.95. The lowest BCUT2D eigenvalue weighted by Gasteiger charge is -2.33. The van der Waals surface area contributed by atoms with Gasteiger partial charge < -0.3 is 15.0 Å². The molecule has 2 amide bonds. The van der Waals surface area contributed by atoms with Crippen LogP contribution in [0.5, 0.6) is 5.75 Å². The van der Waals surface area contributed by atoms with E-state index in [1.165, 1.54) is 12.1 Å². The summed E-state index contributed by atoms with van der Waals surface area (Å²) in [5, 5.41) is 3.13. The zero-order valence-electron chi connectivity index (χ0n) is 14.9. The first-order valence-electron chi connectivity index (χ1n) is 9.63. The van der Waals surface area contributed by atoms with E-state index in [9.17, 15) is 14.0 Å². The third kappa shape index (κ3) is 3.69. The maximum atomic E-state index is 13.5. The normalized spacial score (nSPS) is 25.7. The standard InChI is InChI=1S/C20H25FN2O3/c21-15-7-8-16-17(4-2-10-26-18(16)11-15)22-19(24)14-3-1-9-23(12-14)20(25)13-5-6-13/h7-8,11,13-14,17H,1-6,9-10,12H2,(H,22,24)/t14-,17+/m1/s1. The number of hydrogen-bond acceptors (Lipinski definition) is 3. The quantitative estimate of drug-likeness (QED) is 0.902. The third-order valence-electron chi connectivity index (χ3n) is 5.59. The summed E-state index contributed by atoms with van der Waals surface area (Å²) in [5.41, 5.74) is 0.832. The summed E-state index contributed by atoms with van der Waals surface area (Å²) >= 11 is 0. The van der Waals surface area contributed by atoms with Gasteiger partial charge in [-0.2, -0.15) is 0 Å². The van der Waals surface area contributed by atoms with Crippen molar-refractivity contribution in [2.45, 2.75) is 44.6 Å². The Kier molecular flexibility index (Phi) is 4.83. The molecular formula is C20H25FN2O3. The number of fused-ring (bicyclic) bond motifs is 1. The Morgan fingerprint density at radius 2 is 1.96 bits per heavy atom. The van der Waals surface area contributed by atoms with E-state index in [2.05, 4.69) is 5.32 Å². The average Bonchev–Trinajstić information content (AvgIpc) is 3.49. The van der Waals surface area contributed by atoms with Crippen molar-refractivity contribution >= 4 is 11.8 Å². The molecule has 0 spiro atoms. The first-order chi connectivity index (χ1) is 12.6. The summed E-state index contributed by atoms with van der Waals surface area (Å²) in [7, 11) is 0. The van der Waals surface area contributed by atoms with E-state index in [-0.39, 0.29) is 35.5 Å². The van der Waals surface area contributed by atoms with Crippen LogP contribution >= 0.6 is 0 Å². The van der Waals surface area contributed by atoms with E-state index >= 15 is 0 Å². The Hall–Kier alpha value is -2.11. The minimum atomic E-state index is -0.336. The maximum absolute atomic E-state index is 13.5. The largest absolute Gasteiger partial charge is 0.493 e. The molecule has 0 bridgehead atoms. The second kappa shape index (κ2) is 7.25. The van der Waals surface area contributed by atoms with Crippen LogP contribution in [0.1, 0.15) is 50.1 Å². The molecule has 0 aromatic heterocycles. The van der Waals surface area contributed by atoms with E-state index in [1.807, 2.05) is 4.90 Å². The smallest absolute Gasteiger partial charge is 0.225 e. The van der Waals surface area contributed by atoms with Crippen molar-refractivity contribution in [1.29, 1.82) is 0 Å². The average molecular weight is 360 g/mol. The summed E-state index contributed by atoms with van der Waals surface area (Å²) in [5.74, 6) is 0.406. The van der Waals surface area contributed by atoms with Crippen molar-refractivity contribution < 1.29 is 18.7 Å². The molecule has 0 unspecified atom stereocenters. The van der Waals surface area contributed by atoms with Gasteiger partial charge in [-0.3, -0.25) is 9.59 Å². The molecule has 4 rings (SSSR count). The van der Waals surface area contributed by atoms with Crippen LogP contribution in [0.4, 0.5) is 4.39 Å². The van der Waals surface area contributed by atoms with Crippen LogP contribution in [-0.2, 0) is 9.59 Å². The summed E-state index contributed by atoms with van der Waals surface area (Å²) in [6.45, 7) is 1.80. The monoisotopic (exact) mass is 360 g/mol. The van der Waals surface area contributed by atoms with E-state index < -0.39 is 0 Å². The zero-order valence-corrected chi connectivity index (χ0v) is 14.9. The number of rotatable bonds is 3. The lowest BCUT2D eigenvalue weighted by molar-refractivity contribution is -0.137. The van der Waals surface area contributed by atoms with Gasteiger partial charge in [0.05, 0.1) is 18.6 Å². The maximum Gasteiger partial charge on any atom is 0.225 e. The van der Waals surface area contributed by atoms with E-state index in [0.29, 0.717) is 18.9 Å². The van der Waals surface area contributed by atoms with E-state index in [1.54, 1.807) is 6.07 Å². The van der Waals surface area contributed by atoms with Crippen molar-refractivity contribution in [2.75, 3.05) is 19.7 Å². The van der Waals surface area contributed by atoms with Gasteiger partial charge >= 0.3 is 0 Å². The van der Waals surface area contributed by atoms with Gasteiger partial charge in [0.15, 0.2) is 0 Å². The highest BCUT2D eigenvalue weighted by Crippen LogP contribution is 2.34. The Morgan fingerprint density at radius 1 is 1.12 bits per heavy atom. The molecule has 1 aliphatic carbocycles. The fourth-order valence-corrected chi connectivity index (χ4v) is 3.97. The number of carbonyl (C=O) groups is 2. The third-order valence-corrected chi connectivity index (χ3v) is 5.59. The van der Waals surface area contributed by atoms with Crippen LogP contribution < -0.4 is 10.1 Å². The predicted molar refractivity (Wildman–Crippen MR) is 94.0 cm³/mol. The minimum Gasteiger partial charge on any atom is -0.493 e. The minimum absolute atomic E-state index is 0.0135. The Morgan fingerprint density at radius 3 is 2.77 bits per heavy atom. The number of piperidine rings is 1. The predicted octanol–water partition coefficient (Wildman–Crippen LogP) is 2.80. The molecule has 1 aromatic carbocycles. The van der Waals surface area contributed by atoms with Gasteiger partial charge in [0, 0.05) is 30.6 Å². The van der Waals surface area contributed by atoms with Gasteiger partial charge in [-0.15, -0.1) is 0 Å². The molecule has 26 heavy (non-hydrogen) atoms. The highest BCUT2D eigenvalue weighted by Gasteiger charge is 2.37. The van der Waals surface area contributed by atoms with Gasteiger partial charge in [-0.25, -0.2) is 4.39 Å². The van der Waals surface area contributed by atoms with E-state index in [0.717, 1.165) is 50.6 Å². The number of halogens is 1. The molecule has 1 aromatic rings. The molecule has 0 radical (unpaired) electrons. The molecule has 2 heterocycles. The number of ether oxygens (including phenoxy) is 1. The SMILES string of the molecule is O=C(N[C@H]1CCCOc2cc(F)ccc21)[C@@H]1CCCN(C(=O)C2CC2)C1. The number of hydrogen-bond donors (Lipinski definition) is 1. The number of benzene rings is 1. The summed E-state index contributed by atoms with van der Waals surface area (Å²) in [4.78, 5) is 27.0. The number of carbonyl (C=O) groups excluding carboxylic acids is 2. The fraction of sp³-hybridized carbons (Fsp3) is 0.600. The van der Waals surface area contributed by atoms with Crippen LogP contribution in [-0.4, -0.2) is 36.4 Å². The second-order valence-corrected chi connectivity index (χ2v) is 7.63. The first-order valence-corrected chi connectivity index (χ1v) is 9.63.